The molecule has 2 rings (SSSR count). The summed E-state index contributed by atoms with van der Waals surface area (Å²) in [5.74, 6) is 0.170. The van der Waals surface area contributed by atoms with E-state index in [0.29, 0.717) is 17.2 Å². The molecule has 0 aliphatic rings. The minimum atomic E-state index is -0.405. The third-order valence-corrected chi connectivity index (χ3v) is 4.95. The van der Waals surface area contributed by atoms with Gasteiger partial charge in [0.1, 0.15) is 17.2 Å². The van der Waals surface area contributed by atoms with Crippen LogP contribution in [-0.4, -0.2) is 21.3 Å². The van der Waals surface area contributed by atoms with Crippen LogP contribution in [0.25, 0.3) is 11.3 Å². The van der Waals surface area contributed by atoms with E-state index in [0.717, 1.165) is 16.7 Å². The van der Waals surface area contributed by atoms with Crippen molar-refractivity contribution < 1.29 is 19.5 Å². The Morgan fingerprint density at radius 3 is 2.13 bits per heavy atom. The predicted molar refractivity (Wildman–Crippen MR) is 118 cm³/mol. The summed E-state index contributed by atoms with van der Waals surface area (Å²) >= 11 is 0. The van der Waals surface area contributed by atoms with Gasteiger partial charge in [0.2, 0.25) is 5.91 Å². The van der Waals surface area contributed by atoms with E-state index in [1.54, 1.807) is 6.07 Å². The minimum absolute atomic E-state index is 0.0178. The van der Waals surface area contributed by atoms with Crippen molar-refractivity contribution in [3.63, 3.8) is 0 Å². The van der Waals surface area contributed by atoms with Gasteiger partial charge in [0.05, 0.1) is 24.6 Å². The Morgan fingerprint density at radius 2 is 1.68 bits per heavy atom. The highest BCUT2D eigenvalue weighted by molar-refractivity contribution is 5.79. The number of carbonyl (C=O) groups is 1. The van der Waals surface area contributed by atoms with Gasteiger partial charge in [-0.2, -0.15) is 5.26 Å². The lowest BCUT2D eigenvalue weighted by atomic mass is 9.78. The van der Waals surface area contributed by atoms with Gasteiger partial charge in [-0.15, -0.1) is 0 Å². The van der Waals surface area contributed by atoms with E-state index in [9.17, 15) is 15.0 Å². The SMILES string of the molecule is CC(O)=C(C#N)CC(=O)NCc1cc(-c2cc(C(C)(C)C)c(O)c(C(C)(C)C)c2)no1. The molecule has 0 radical (unpaired) electrons. The highest BCUT2D eigenvalue weighted by Crippen LogP contribution is 2.41. The average Bonchev–Trinajstić information content (AvgIpc) is 3.11. The smallest absolute Gasteiger partial charge is 0.225 e. The summed E-state index contributed by atoms with van der Waals surface area (Å²) in [6.45, 7) is 13.7. The molecule has 7 heteroatoms. The second kappa shape index (κ2) is 8.84. The fourth-order valence-electron chi connectivity index (χ4n) is 3.12. The minimum Gasteiger partial charge on any atom is -0.512 e. The number of aliphatic hydroxyl groups excluding tert-OH is 1. The quantitative estimate of drug-likeness (QED) is 0.458. The normalized spacial score (nSPS) is 12.8. The van der Waals surface area contributed by atoms with Crippen molar-refractivity contribution in [3.8, 4) is 23.1 Å². The van der Waals surface area contributed by atoms with Crippen LogP contribution in [0.15, 0.2) is 34.1 Å². The number of aliphatic hydroxyl groups is 1. The lowest BCUT2D eigenvalue weighted by Gasteiger charge is -2.28. The number of rotatable bonds is 5. The molecule has 3 N–H and O–H groups in total. The molecule has 2 aromatic rings. The molecule has 0 saturated carbocycles. The van der Waals surface area contributed by atoms with E-state index in [-0.39, 0.29) is 35.1 Å². The van der Waals surface area contributed by atoms with Crippen molar-refractivity contribution in [1.29, 1.82) is 5.26 Å². The zero-order chi connectivity index (χ0) is 23.6. The van der Waals surface area contributed by atoms with E-state index in [4.69, 9.17) is 9.78 Å². The van der Waals surface area contributed by atoms with Crippen molar-refractivity contribution in [1.82, 2.24) is 10.5 Å². The first-order chi connectivity index (χ1) is 14.2. The van der Waals surface area contributed by atoms with Crippen LogP contribution < -0.4 is 5.32 Å². The number of phenolic OH excluding ortho intramolecular Hbond substituents is 1. The monoisotopic (exact) mass is 425 g/mol. The number of benzene rings is 1. The van der Waals surface area contributed by atoms with Crippen LogP contribution in [0.4, 0.5) is 0 Å². The summed E-state index contributed by atoms with van der Waals surface area (Å²) < 4.78 is 5.38. The highest BCUT2D eigenvalue weighted by Gasteiger charge is 2.27. The fraction of sp³-hybridized carbons (Fsp3) is 0.458. The first-order valence-corrected chi connectivity index (χ1v) is 10.1. The Bertz CT molecular complexity index is 1000. The lowest BCUT2D eigenvalue weighted by Crippen LogP contribution is -2.22. The average molecular weight is 426 g/mol. The number of allylic oxidation sites excluding steroid dienone is 1. The molecule has 7 nitrogen and oxygen atoms in total. The summed E-state index contributed by atoms with van der Waals surface area (Å²) in [5, 5.41) is 36.0. The molecule has 0 atom stereocenters. The Morgan fingerprint density at radius 1 is 1.13 bits per heavy atom. The standard InChI is InChI=1S/C24H31N3O4/c1-14(28)16(12-25)10-21(29)26-13-17-11-20(27-31-17)15-8-18(23(2,3)4)22(30)19(9-15)24(5,6)7/h8-9,11,28,30H,10,13H2,1-7H3,(H,26,29). The van der Waals surface area contributed by atoms with Crippen molar-refractivity contribution in [2.45, 2.75) is 72.3 Å². The Labute approximate surface area is 183 Å². The Kier molecular flexibility index (Phi) is 6.85. The molecular weight excluding hydrogens is 394 g/mol. The molecule has 1 aromatic heterocycles. The van der Waals surface area contributed by atoms with Crippen molar-refractivity contribution in [2.24, 2.45) is 0 Å². The van der Waals surface area contributed by atoms with Crippen molar-refractivity contribution >= 4 is 5.91 Å². The van der Waals surface area contributed by atoms with Gasteiger partial charge in [-0.1, -0.05) is 46.7 Å². The summed E-state index contributed by atoms with van der Waals surface area (Å²) in [6.07, 6.45) is -0.207. The molecule has 1 amide bonds. The zero-order valence-corrected chi connectivity index (χ0v) is 19.3. The molecule has 0 aliphatic carbocycles. The third-order valence-electron chi connectivity index (χ3n) is 4.95. The number of nitriles is 1. The number of phenols is 1. The van der Waals surface area contributed by atoms with Crippen LogP contribution >= 0.6 is 0 Å². The van der Waals surface area contributed by atoms with Gasteiger partial charge >= 0.3 is 0 Å². The largest absolute Gasteiger partial charge is 0.512 e. The zero-order valence-electron chi connectivity index (χ0n) is 19.3. The van der Waals surface area contributed by atoms with Gasteiger partial charge in [-0.3, -0.25) is 4.79 Å². The van der Waals surface area contributed by atoms with Crippen LogP contribution in [0.1, 0.15) is 71.8 Å². The van der Waals surface area contributed by atoms with E-state index in [1.807, 2.05) is 59.7 Å². The molecule has 1 aromatic carbocycles. The third kappa shape index (κ3) is 5.88. The summed E-state index contributed by atoms with van der Waals surface area (Å²) in [6, 6.07) is 7.38. The number of hydrogen-bond acceptors (Lipinski definition) is 6. The summed E-state index contributed by atoms with van der Waals surface area (Å²) in [7, 11) is 0. The van der Waals surface area contributed by atoms with Gasteiger partial charge in [0.15, 0.2) is 5.76 Å². The maximum atomic E-state index is 12.0. The molecule has 31 heavy (non-hydrogen) atoms. The van der Waals surface area contributed by atoms with Gasteiger partial charge in [0.25, 0.3) is 0 Å². The van der Waals surface area contributed by atoms with E-state index in [1.165, 1.54) is 6.92 Å². The number of nitrogens with one attached hydrogen (secondary N) is 1. The molecule has 0 saturated heterocycles. The van der Waals surface area contributed by atoms with Crippen LogP contribution in [0.5, 0.6) is 5.75 Å². The molecule has 0 unspecified atom stereocenters. The van der Waals surface area contributed by atoms with Crippen LogP contribution in [-0.2, 0) is 22.2 Å². The second-order valence-corrected chi connectivity index (χ2v) is 9.73. The van der Waals surface area contributed by atoms with Crippen LogP contribution in [0.2, 0.25) is 0 Å². The predicted octanol–water partition coefficient (Wildman–Crippen LogP) is 5.00. The van der Waals surface area contributed by atoms with E-state index in [2.05, 4.69) is 10.5 Å². The molecule has 166 valence electrons. The lowest BCUT2D eigenvalue weighted by molar-refractivity contribution is -0.120. The van der Waals surface area contributed by atoms with Crippen molar-refractivity contribution in [2.75, 3.05) is 0 Å². The van der Waals surface area contributed by atoms with Gasteiger partial charge < -0.3 is 20.1 Å². The molecule has 0 fully saturated rings. The van der Waals surface area contributed by atoms with Crippen LogP contribution in [0.3, 0.4) is 0 Å². The van der Waals surface area contributed by atoms with Crippen molar-refractivity contribution in [3.05, 3.63) is 46.4 Å². The highest BCUT2D eigenvalue weighted by atomic mass is 16.5. The summed E-state index contributed by atoms with van der Waals surface area (Å²) in [5.41, 5.74) is 2.55. The number of amides is 1. The Hall–Kier alpha value is -3.27. The molecule has 0 aliphatic heterocycles. The topological polar surface area (TPSA) is 119 Å². The van der Waals surface area contributed by atoms with Gasteiger partial charge in [-0.25, -0.2) is 0 Å². The maximum absolute atomic E-state index is 12.0. The van der Waals surface area contributed by atoms with Gasteiger partial charge in [0, 0.05) is 22.8 Å². The number of aromatic nitrogens is 1. The molecular formula is C24H31N3O4. The molecule has 0 spiro atoms. The number of nitrogens with zero attached hydrogens (tertiary/aromatic N) is 2. The Balaban J connectivity index is 2.29. The molecule has 1 heterocycles. The fourth-order valence-corrected chi connectivity index (χ4v) is 3.12. The number of aromatic hydroxyl groups is 1. The second-order valence-electron chi connectivity index (χ2n) is 9.73. The van der Waals surface area contributed by atoms with Gasteiger partial charge in [-0.05, 0) is 29.9 Å². The summed E-state index contributed by atoms with van der Waals surface area (Å²) in [4.78, 5) is 12.0. The first kappa shape index (κ1) is 24.0. The first-order valence-electron chi connectivity index (χ1n) is 10.1. The maximum Gasteiger partial charge on any atom is 0.225 e. The van der Waals surface area contributed by atoms with E-state index < -0.39 is 5.91 Å². The van der Waals surface area contributed by atoms with Crippen LogP contribution in [0, 0.1) is 11.3 Å². The molecule has 0 bridgehead atoms. The number of hydrogen-bond donors (Lipinski definition) is 3. The van der Waals surface area contributed by atoms with E-state index >= 15 is 0 Å². The number of carbonyl (C=O) groups excluding carboxylic acids is 1.